The van der Waals surface area contributed by atoms with E-state index in [1.165, 1.54) is 38.9 Å². The molecular weight excluding hydrogens is 444 g/mol. The first kappa shape index (κ1) is 22.1. The lowest BCUT2D eigenvalue weighted by molar-refractivity contribution is 0.706. The zero-order chi connectivity index (χ0) is 23.1. The summed E-state index contributed by atoms with van der Waals surface area (Å²) < 4.78 is 4.71. The molecule has 4 nitrogen and oxygen atoms in total. The fraction of sp³-hybridized carbons (Fsp3) is 0.259. The zero-order valence-corrected chi connectivity index (χ0v) is 21.3. The molecule has 0 N–H and O–H groups in total. The summed E-state index contributed by atoms with van der Waals surface area (Å²) in [4.78, 5) is 9.71. The highest BCUT2D eigenvalue weighted by atomic mass is 32.2. The van der Waals surface area contributed by atoms with Crippen molar-refractivity contribution >= 4 is 45.6 Å². The average molecular weight is 473 g/mol. The average Bonchev–Trinajstić information content (AvgIpc) is 3.36. The maximum absolute atomic E-state index is 4.86. The Morgan fingerprint density at radius 2 is 1.09 bits per heavy atom. The maximum Gasteiger partial charge on any atom is 0.169 e. The summed E-state index contributed by atoms with van der Waals surface area (Å²) in [6.07, 6.45) is 4.21. The van der Waals surface area contributed by atoms with E-state index in [1.54, 1.807) is 23.5 Å². The van der Waals surface area contributed by atoms with E-state index in [0.717, 1.165) is 34.4 Å². The third-order valence-electron chi connectivity index (χ3n) is 6.53. The smallest absolute Gasteiger partial charge is 0.169 e. The lowest BCUT2D eigenvalue weighted by Gasteiger charge is -2.20. The van der Waals surface area contributed by atoms with Crippen molar-refractivity contribution < 1.29 is 0 Å². The van der Waals surface area contributed by atoms with Gasteiger partial charge in [-0.05, 0) is 85.4 Å². The molecule has 0 atom stereocenters. The predicted octanol–water partition coefficient (Wildman–Crippen LogP) is 6.85. The summed E-state index contributed by atoms with van der Waals surface area (Å²) in [6, 6.07) is 19.2. The molecule has 0 radical (unpaired) electrons. The van der Waals surface area contributed by atoms with E-state index >= 15 is 0 Å². The van der Waals surface area contributed by atoms with Crippen LogP contribution in [0.1, 0.15) is 27.8 Å². The van der Waals surface area contributed by atoms with E-state index in [9.17, 15) is 0 Å². The van der Waals surface area contributed by atoms with Gasteiger partial charge in [0.25, 0.3) is 0 Å². The van der Waals surface area contributed by atoms with Crippen LogP contribution in [0.25, 0.3) is 22.1 Å². The molecule has 168 valence electrons. The van der Waals surface area contributed by atoms with Crippen LogP contribution in [0.3, 0.4) is 0 Å². The molecular formula is C27H28N4S2. The molecule has 0 aliphatic heterocycles. The Hall–Kier alpha value is -2.70. The van der Waals surface area contributed by atoms with Gasteiger partial charge in [0.1, 0.15) is 0 Å². The summed E-state index contributed by atoms with van der Waals surface area (Å²) in [5.74, 6) is 0. The van der Waals surface area contributed by atoms with Gasteiger partial charge in [-0.15, -0.1) is 0 Å². The number of benzene rings is 3. The number of imidazole rings is 2. The predicted molar refractivity (Wildman–Crippen MR) is 142 cm³/mol. The van der Waals surface area contributed by atoms with E-state index < -0.39 is 0 Å². The Bertz CT molecular complexity index is 1370. The van der Waals surface area contributed by atoms with Crippen molar-refractivity contribution in [3.8, 4) is 0 Å². The van der Waals surface area contributed by atoms with Crippen LogP contribution in [0.4, 0.5) is 0 Å². The number of hydrogen-bond donors (Lipinski definition) is 0. The second-order valence-corrected chi connectivity index (χ2v) is 9.99. The number of thioether (sulfide) groups is 2. The van der Waals surface area contributed by atoms with Crippen molar-refractivity contribution in [2.45, 2.75) is 44.2 Å². The minimum absolute atomic E-state index is 0.821. The number of para-hydroxylation sites is 4. The fourth-order valence-corrected chi connectivity index (χ4v) is 5.95. The number of aromatic nitrogens is 4. The van der Waals surface area contributed by atoms with Crippen molar-refractivity contribution in [2.75, 3.05) is 12.5 Å². The largest absolute Gasteiger partial charge is 0.314 e. The molecule has 33 heavy (non-hydrogen) atoms. The Labute approximate surface area is 203 Å². The van der Waals surface area contributed by atoms with E-state index in [4.69, 9.17) is 9.97 Å². The molecule has 6 heteroatoms. The second kappa shape index (κ2) is 8.92. The standard InChI is InChI=1S/C27H28N4S2/c1-17-14-18(2)21(16-31-25-13-9-7-11-23(25)29-27(31)33-5)19(3)20(17)15-30-24-12-8-6-10-22(24)28-26(30)32-4/h6-14H,15-16H2,1-5H3. The van der Waals surface area contributed by atoms with E-state index in [0.29, 0.717) is 0 Å². The SMILES string of the molecule is CSc1nc2ccccc2n1Cc1c(C)cc(C)c(Cn2c(SC)nc3ccccc32)c1C. The Balaban J connectivity index is 1.62. The molecule has 0 fully saturated rings. The van der Waals surface area contributed by atoms with Gasteiger partial charge < -0.3 is 9.13 Å². The normalized spacial score (nSPS) is 11.7. The number of hydrogen-bond acceptors (Lipinski definition) is 4. The lowest BCUT2D eigenvalue weighted by Crippen LogP contribution is -2.11. The molecule has 0 saturated carbocycles. The van der Waals surface area contributed by atoms with Crippen LogP contribution in [-0.4, -0.2) is 31.6 Å². The van der Waals surface area contributed by atoms with Gasteiger partial charge in [-0.25, -0.2) is 9.97 Å². The third-order valence-corrected chi connectivity index (χ3v) is 7.88. The summed E-state index contributed by atoms with van der Waals surface area (Å²) in [5, 5.41) is 2.12. The van der Waals surface area contributed by atoms with Gasteiger partial charge in [0.15, 0.2) is 10.3 Å². The van der Waals surface area contributed by atoms with Gasteiger partial charge in [0, 0.05) is 0 Å². The summed E-state index contributed by atoms with van der Waals surface area (Å²) in [5.41, 5.74) is 11.3. The van der Waals surface area contributed by atoms with Gasteiger partial charge >= 0.3 is 0 Å². The molecule has 3 aromatic carbocycles. The van der Waals surface area contributed by atoms with Crippen molar-refractivity contribution in [3.63, 3.8) is 0 Å². The summed E-state index contributed by atoms with van der Waals surface area (Å²) in [7, 11) is 0. The molecule has 0 amide bonds. The van der Waals surface area contributed by atoms with E-state index in [-0.39, 0.29) is 0 Å². The molecule has 0 bridgehead atoms. The number of nitrogens with zero attached hydrogens (tertiary/aromatic N) is 4. The van der Waals surface area contributed by atoms with Crippen molar-refractivity contribution in [1.29, 1.82) is 0 Å². The highest BCUT2D eigenvalue weighted by molar-refractivity contribution is 7.98. The van der Waals surface area contributed by atoms with E-state index in [1.807, 2.05) is 0 Å². The molecule has 0 unspecified atom stereocenters. The zero-order valence-electron chi connectivity index (χ0n) is 19.7. The van der Waals surface area contributed by atoms with Crippen molar-refractivity contribution in [1.82, 2.24) is 19.1 Å². The molecule has 5 rings (SSSR count). The number of fused-ring (bicyclic) bond motifs is 2. The molecule has 5 aromatic rings. The van der Waals surface area contributed by atoms with Crippen LogP contribution >= 0.6 is 23.5 Å². The van der Waals surface area contributed by atoms with Crippen molar-refractivity contribution in [3.05, 3.63) is 82.4 Å². The molecule has 2 aromatic heterocycles. The Morgan fingerprint density at radius 1 is 0.667 bits per heavy atom. The fourth-order valence-electron chi connectivity index (χ4n) is 4.80. The number of aryl methyl sites for hydroxylation is 2. The van der Waals surface area contributed by atoms with Gasteiger partial charge in [0.05, 0.1) is 35.2 Å². The summed E-state index contributed by atoms with van der Waals surface area (Å²) in [6.45, 7) is 8.39. The maximum atomic E-state index is 4.86. The minimum atomic E-state index is 0.821. The Kier molecular flexibility index (Phi) is 5.97. The quantitative estimate of drug-likeness (QED) is 0.253. The first-order chi connectivity index (χ1) is 16.0. The first-order valence-electron chi connectivity index (χ1n) is 11.1. The van der Waals surface area contributed by atoms with Crippen LogP contribution in [0.5, 0.6) is 0 Å². The molecule has 0 aliphatic carbocycles. The minimum Gasteiger partial charge on any atom is -0.314 e. The van der Waals surface area contributed by atoms with Crippen LogP contribution in [0, 0.1) is 20.8 Å². The van der Waals surface area contributed by atoms with Crippen LogP contribution in [-0.2, 0) is 13.1 Å². The third kappa shape index (κ3) is 3.85. The first-order valence-corrected chi connectivity index (χ1v) is 13.5. The number of rotatable bonds is 6. The van der Waals surface area contributed by atoms with Gasteiger partial charge in [-0.1, -0.05) is 53.9 Å². The molecule has 2 heterocycles. The molecule has 0 aliphatic rings. The van der Waals surface area contributed by atoms with Crippen molar-refractivity contribution in [2.24, 2.45) is 0 Å². The van der Waals surface area contributed by atoms with Crippen LogP contribution in [0.15, 0.2) is 64.9 Å². The van der Waals surface area contributed by atoms with Gasteiger partial charge in [-0.2, -0.15) is 0 Å². The topological polar surface area (TPSA) is 35.6 Å². The lowest BCUT2D eigenvalue weighted by atomic mass is 9.93. The van der Waals surface area contributed by atoms with Crippen LogP contribution < -0.4 is 0 Å². The summed E-state index contributed by atoms with van der Waals surface area (Å²) >= 11 is 3.41. The van der Waals surface area contributed by atoms with E-state index in [2.05, 4.69) is 97.0 Å². The van der Waals surface area contributed by atoms with Gasteiger partial charge in [-0.3, -0.25) is 0 Å². The highest BCUT2D eigenvalue weighted by Gasteiger charge is 2.18. The second-order valence-electron chi connectivity index (χ2n) is 8.44. The molecule has 0 saturated heterocycles. The highest BCUT2D eigenvalue weighted by Crippen LogP contribution is 2.30. The monoisotopic (exact) mass is 472 g/mol. The van der Waals surface area contributed by atoms with Gasteiger partial charge in [0.2, 0.25) is 0 Å². The Morgan fingerprint density at radius 3 is 1.52 bits per heavy atom. The van der Waals surface area contributed by atoms with Crippen LogP contribution in [0.2, 0.25) is 0 Å². The molecule has 0 spiro atoms.